The molecule has 1 saturated heterocycles. The highest BCUT2D eigenvalue weighted by atomic mass is 32.2. The molecular formula is C16H22N2O2S2. The summed E-state index contributed by atoms with van der Waals surface area (Å²) in [5.74, 6) is 0.636. The number of hydrogen-bond acceptors (Lipinski definition) is 4. The number of thiocarbonyl (C=S) groups is 1. The molecule has 2 rings (SSSR count). The van der Waals surface area contributed by atoms with Crippen LogP contribution in [0.4, 0.5) is 5.69 Å². The number of carbonyl (C=O) groups is 1. The van der Waals surface area contributed by atoms with Crippen molar-refractivity contribution in [2.45, 2.75) is 31.9 Å². The first-order valence-electron chi connectivity index (χ1n) is 7.60. The molecule has 1 fully saturated rings. The molecule has 1 amide bonds. The van der Waals surface area contributed by atoms with Crippen LogP contribution >= 0.6 is 24.0 Å². The van der Waals surface area contributed by atoms with Crippen molar-refractivity contribution in [3.05, 3.63) is 24.3 Å². The minimum absolute atomic E-state index is 0.0568. The molecule has 1 aromatic rings. The smallest absolute Gasteiger partial charge is 0.237 e. The highest BCUT2D eigenvalue weighted by Gasteiger charge is 2.22. The van der Waals surface area contributed by atoms with E-state index in [9.17, 15) is 4.79 Å². The average molecular weight is 338 g/mol. The van der Waals surface area contributed by atoms with Gasteiger partial charge in [-0.25, -0.2) is 0 Å². The Hall–Kier alpha value is -1.27. The number of nitrogens with one attached hydrogen (secondary N) is 1. The fraction of sp³-hybridized carbons (Fsp3) is 0.500. The number of carbonyl (C=O) groups excluding carboxylic acids is 1. The molecule has 120 valence electrons. The number of anilines is 1. The van der Waals surface area contributed by atoms with Crippen molar-refractivity contribution in [1.29, 1.82) is 0 Å². The third kappa shape index (κ3) is 4.61. The molecule has 4 nitrogen and oxygen atoms in total. The van der Waals surface area contributed by atoms with Gasteiger partial charge in [-0.1, -0.05) is 36.1 Å². The van der Waals surface area contributed by atoms with Crippen LogP contribution < -0.4 is 10.1 Å². The number of ether oxygens (including phenoxy) is 1. The van der Waals surface area contributed by atoms with Gasteiger partial charge in [0.2, 0.25) is 5.91 Å². The molecule has 1 aromatic carbocycles. The third-order valence-corrected chi connectivity index (χ3v) is 5.03. The molecular weight excluding hydrogens is 316 g/mol. The van der Waals surface area contributed by atoms with E-state index in [1.54, 1.807) is 0 Å². The standard InChI is InChI=1S/C16H22N2O2S2/c1-3-20-14-9-5-4-8-13(14)17-15(19)12(2)22-16(21)18-10-6-7-11-18/h4-5,8-9,12H,3,6-7,10-11H2,1-2H3,(H,17,19)/t12-/m1/s1. The van der Waals surface area contributed by atoms with Crippen molar-refractivity contribution in [1.82, 2.24) is 4.90 Å². The number of para-hydroxylation sites is 2. The van der Waals surface area contributed by atoms with E-state index in [1.807, 2.05) is 38.1 Å². The van der Waals surface area contributed by atoms with Crippen LogP contribution in [0.1, 0.15) is 26.7 Å². The Bertz CT molecular complexity index is 531. The second-order valence-electron chi connectivity index (χ2n) is 5.14. The molecule has 0 saturated carbocycles. The maximum Gasteiger partial charge on any atom is 0.237 e. The lowest BCUT2D eigenvalue weighted by molar-refractivity contribution is -0.115. The zero-order valence-electron chi connectivity index (χ0n) is 13.0. The van der Waals surface area contributed by atoms with E-state index in [-0.39, 0.29) is 11.2 Å². The number of benzene rings is 1. The van der Waals surface area contributed by atoms with Crippen LogP contribution in [0.25, 0.3) is 0 Å². The molecule has 0 aliphatic carbocycles. The number of likely N-dealkylation sites (tertiary alicyclic amines) is 1. The SMILES string of the molecule is CCOc1ccccc1NC(=O)[C@@H](C)SC(=S)N1CCCC1. The lowest BCUT2D eigenvalue weighted by Gasteiger charge is -2.20. The summed E-state index contributed by atoms with van der Waals surface area (Å²) in [6, 6.07) is 7.47. The summed E-state index contributed by atoms with van der Waals surface area (Å²) in [5, 5.41) is 2.69. The first kappa shape index (κ1) is 17.1. The minimum Gasteiger partial charge on any atom is -0.492 e. The molecule has 1 N–H and O–H groups in total. The highest BCUT2D eigenvalue weighted by Crippen LogP contribution is 2.26. The fourth-order valence-corrected chi connectivity index (χ4v) is 3.68. The third-order valence-electron chi connectivity index (χ3n) is 3.46. The normalized spacial score (nSPS) is 15.5. The molecule has 0 radical (unpaired) electrons. The molecule has 1 aliphatic heterocycles. The molecule has 1 aliphatic rings. The first-order chi connectivity index (χ1) is 10.6. The van der Waals surface area contributed by atoms with Gasteiger partial charge in [-0.05, 0) is 38.8 Å². The fourth-order valence-electron chi connectivity index (χ4n) is 2.26. The van der Waals surface area contributed by atoms with Gasteiger partial charge in [-0.3, -0.25) is 4.79 Å². The molecule has 0 bridgehead atoms. The van der Waals surface area contributed by atoms with Crippen molar-refractivity contribution >= 4 is 39.9 Å². The van der Waals surface area contributed by atoms with Gasteiger partial charge in [-0.15, -0.1) is 0 Å². The van der Waals surface area contributed by atoms with Crippen molar-refractivity contribution in [3.63, 3.8) is 0 Å². The zero-order valence-corrected chi connectivity index (χ0v) is 14.6. The van der Waals surface area contributed by atoms with Crippen LogP contribution in [-0.4, -0.2) is 40.1 Å². The Labute approximate surface area is 141 Å². The predicted octanol–water partition coefficient (Wildman–Crippen LogP) is 3.53. The summed E-state index contributed by atoms with van der Waals surface area (Å²) in [7, 11) is 0. The largest absolute Gasteiger partial charge is 0.492 e. The van der Waals surface area contributed by atoms with Crippen LogP contribution in [0.3, 0.4) is 0 Å². The molecule has 0 spiro atoms. The Morgan fingerprint density at radius 1 is 1.41 bits per heavy atom. The van der Waals surface area contributed by atoms with E-state index < -0.39 is 0 Å². The topological polar surface area (TPSA) is 41.6 Å². The molecule has 0 unspecified atom stereocenters. The monoisotopic (exact) mass is 338 g/mol. The van der Waals surface area contributed by atoms with Gasteiger partial charge in [0, 0.05) is 13.1 Å². The Balaban J connectivity index is 1.92. The van der Waals surface area contributed by atoms with Crippen LogP contribution in [0.15, 0.2) is 24.3 Å². The van der Waals surface area contributed by atoms with Gasteiger partial charge in [-0.2, -0.15) is 0 Å². The van der Waals surface area contributed by atoms with E-state index >= 15 is 0 Å². The summed E-state index contributed by atoms with van der Waals surface area (Å²) >= 11 is 6.87. The summed E-state index contributed by atoms with van der Waals surface area (Å²) in [6.45, 7) is 6.38. The maximum absolute atomic E-state index is 12.4. The predicted molar refractivity (Wildman–Crippen MR) is 96.7 cm³/mol. The minimum atomic E-state index is -0.234. The average Bonchev–Trinajstić information content (AvgIpc) is 3.03. The number of nitrogens with zero attached hydrogens (tertiary/aromatic N) is 1. The second-order valence-corrected chi connectivity index (χ2v) is 7.11. The van der Waals surface area contributed by atoms with Crippen molar-refractivity contribution < 1.29 is 9.53 Å². The van der Waals surface area contributed by atoms with E-state index in [4.69, 9.17) is 17.0 Å². The first-order valence-corrected chi connectivity index (χ1v) is 8.89. The number of thioether (sulfide) groups is 1. The maximum atomic E-state index is 12.4. The van der Waals surface area contributed by atoms with E-state index in [1.165, 1.54) is 24.6 Å². The van der Waals surface area contributed by atoms with Crippen LogP contribution in [0.5, 0.6) is 5.75 Å². The second kappa shape index (κ2) is 8.39. The number of amides is 1. The Kier molecular flexibility index (Phi) is 6.51. The molecule has 1 heterocycles. The molecule has 1 atom stereocenters. The van der Waals surface area contributed by atoms with Crippen LogP contribution in [-0.2, 0) is 4.79 Å². The molecule has 6 heteroatoms. The lowest BCUT2D eigenvalue weighted by Crippen LogP contribution is -2.29. The summed E-state index contributed by atoms with van der Waals surface area (Å²) in [6.07, 6.45) is 2.37. The van der Waals surface area contributed by atoms with Crippen LogP contribution in [0.2, 0.25) is 0 Å². The van der Waals surface area contributed by atoms with Gasteiger partial charge < -0.3 is 15.0 Å². The number of hydrogen-bond donors (Lipinski definition) is 1. The van der Waals surface area contributed by atoms with Crippen molar-refractivity contribution in [2.75, 3.05) is 25.0 Å². The zero-order chi connectivity index (χ0) is 15.9. The molecule has 22 heavy (non-hydrogen) atoms. The van der Waals surface area contributed by atoms with E-state index in [0.717, 1.165) is 17.4 Å². The van der Waals surface area contributed by atoms with Gasteiger partial charge >= 0.3 is 0 Å². The van der Waals surface area contributed by atoms with E-state index in [0.29, 0.717) is 18.0 Å². The van der Waals surface area contributed by atoms with Gasteiger partial charge in [0.15, 0.2) is 0 Å². The van der Waals surface area contributed by atoms with Crippen molar-refractivity contribution in [3.8, 4) is 5.75 Å². The quantitative estimate of drug-likeness (QED) is 0.832. The van der Waals surface area contributed by atoms with Crippen LogP contribution in [0, 0.1) is 0 Å². The van der Waals surface area contributed by atoms with E-state index in [2.05, 4.69) is 10.2 Å². The lowest BCUT2D eigenvalue weighted by atomic mass is 10.3. The van der Waals surface area contributed by atoms with Crippen molar-refractivity contribution in [2.24, 2.45) is 0 Å². The molecule has 0 aromatic heterocycles. The van der Waals surface area contributed by atoms with Gasteiger partial charge in [0.25, 0.3) is 0 Å². The summed E-state index contributed by atoms with van der Waals surface area (Å²) in [5.41, 5.74) is 0.703. The summed E-state index contributed by atoms with van der Waals surface area (Å²) in [4.78, 5) is 14.5. The number of rotatable bonds is 5. The highest BCUT2D eigenvalue weighted by molar-refractivity contribution is 8.23. The Morgan fingerprint density at radius 3 is 2.77 bits per heavy atom. The summed E-state index contributed by atoms with van der Waals surface area (Å²) < 4.78 is 6.34. The van der Waals surface area contributed by atoms with Gasteiger partial charge in [0.1, 0.15) is 10.1 Å². The Morgan fingerprint density at radius 2 is 2.09 bits per heavy atom. The van der Waals surface area contributed by atoms with Gasteiger partial charge in [0.05, 0.1) is 17.5 Å².